The van der Waals surface area contributed by atoms with E-state index in [1.807, 2.05) is 24.7 Å². The molecule has 0 atom stereocenters. The zero-order valence-corrected chi connectivity index (χ0v) is 9.68. The predicted molar refractivity (Wildman–Crippen MR) is 63.7 cm³/mol. The van der Waals surface area contributed by atoms with Gasteiger partial charge < -0.3 is 9.30 Å². The van der Waals surface area contributed by atoms with Gasteiger partial charge in [0.15, 0.2) is 0 Å². The quantitative estimate of drug-likeness (QED) is 0.785. The van der Waals surface area contributed by atoms with E-state index in [2.05, 4.69) is 22.5 Å². The summed E-state index contributed by atoms with van der Waals surface area (Å²) in [5.41, 5.74) is 2.57. The lowest BCUT2D eigenvalue weighted by atomic mass is 10.0. The maximum Gasteiger partial charge on any atom is 0.122 e. The third-order valence-corrected chi connectivity index (χ3v) is 2.72. The van der Waals surface area contributed by atoms with E-state index >= 15 is 0 Å². The first-order valence-electron chi connectivity index (χ1n) is 5.45. The number of hydrogen-bond acceptors (Lipinski definition) is 2. The highest BCUT2D eigenvalue weighted by molar-refractivity contribution is 5.40. The average Bonchev–Trinajstić information content (AvgIpc) is 2.81. The van der Waals surface area contributed by atoms with Crippen molar-refractivity contribution in [2.45, 2.75) is 19.9 Å². The Balaban J connectivity index is 2.33. The van der Waals surface area contributed by atoms with Crippen LogP contribution in [0.3, 0.4) is 0 Å². The van der Waals surface area contributed by atoms with Crippen molar-refractivity contribution in [1.29, 1.82) is 0 Å². The second-order valence-electron chi connectivity index (χ2n) is 3.69. The topological polar surface area (TPSA) is 27.1 Å². The Hall–Kier alpha value is -1.77. The van der Waals surface area contributed by atoms with Crippen LogP contribution in [0.25, 0.3) is 0 Å². The summed E-state index contributed by atoms with van der Waals surface area (Å²) in [5.74, 6) is 0.972. The van der Waals surface area contributed by atoms with E-state index in [0.717, 1.165) is 18.7 Å². The Kier molecular flexibility index (Phi) is 3.25. The molecule has 3 nitrogen and oxygen atoms in total. The predicted octanol–water partition coefficient (Wildman–Crippen LogP) is 2.50. The van der Waals surface area contributed by atoms with Gasteiger partial charge in [-0.05, 0) is 23.6 Å². The minimum absolute atomic E-state index is 0.848. The van der Waals surface area contributed by atoms with Crippen LogP contribution < -0.4 is 4.74 Å². The molecule has 0 bridgehead atoms. The Labute approximate surface area is 95.7 Å². The minimum atomic E-state index is 0.848. The highest BCUT2D eigenvalue weighted by Crippen LogP contribution is 2.23. The fourth-order valence-electron chi connectivity index (χ4n) is 1.93. The van der Waals surface area contributed by atoms with E-state index in [4.69, 9.17) is 4.74 Å². The zero-order chi connectivity index (χ0) is 11.4. The molecule has 2 rings (SSSR count). The van der Waals surface area contributed by atoms with Crippen molar-refractivity contribution >= 4 is 0 Å². The molecule has 1 aromatic heterocycles. The van der Waals surface area contributed by atoms with E-state index in [-0.39, 0.29) is 0 Å². The van der Waals surface area contributed by atoms with E-state index in [0.29, 0.717) is 0 Å². The van der Waals surface area contributed by atoms with Gasteiger partial charge in [0.05, 0.1) is 13.4 Å². The van der Waals surface area contributed by atoms with Crippen LogP contribution >= 0.6 is 0 Å². The first-order chi connectivity index (χ1) is 7.85. The van der Waals surface area contributed by atoms with Gasteiger partial charge >= 0.3 is 0 Å². The van der Waals surface area contributed by atoms with E-state index in [1.165, 1.54) is 11.1 Å². The van der Waals surface area contributed by atoms with Crippen molar-refractivity contribution in [2.24, 2.45) is 0 Å². The number of methoxy groups -OCH3 is 1. The molecule has 2 aromatic rings. The Bertz CT molecular complexity index is 449. The molecule has 0 aliphatic carbocycles. The van der Waals surface area contributed by atoms with Crippen LogP contribution in [0.15, 0.2) is 36.9 Å². The van der Waals surface area contributed by atoms with E-state index in [9.17, 15) is 0 Å². The summed E-state index contributed by atoms with van der Waals surface area (Å²) >= 11 is 0. The standard InChI is InChI=1S/C13H16N2O/c1-3-12-11(5-4-6-13(12)16-2)9-15-8-7-14-10-15/h4-8,10H,3,9H2,1-2H3. The maximum atomic E-state index is 5.37. The number of imidazole rings is 1. The summed E-state index contributed by atoms with van der Waals surface area (Å²) < 4.78 is 7.43. The van der Waals surface area contributed by atoms with Gasteiger partial charge in [0.2, 0.25) is 0 Å². The maximum absolute atomic E-state index is 5.37. The van der Waals surface area contributed by atoms with Crippen molar-refractivity contribution in [3.8, 4) is 5.75 Å². The molecule has 16 heavy (non-hydrogen) atoms. The first-order valence-corrected chi connectivity index (χ1v) is 5.45. The molecule has 0 aliphatic rings. The summed E-state index contributed by atoms with van der Waals surface area (Å²) in [6, 6.07) is 6.18. The molecule has 1 aromatic carbocycles. The molecule has 0 saturated heterocycles. The van der Waals surface area contributed by atoms with Gasteiger partial charge in [-0.1, -0.05) is 19.1 Å². The van der Waals surface area contributed by atoms with Crippen LogP contribution in [0, 0.1) is 0 Å². The zero-order valence-electron chi connectivity index (χ0n) is 9.68. The summed E-state index contributed by atoms with van der Waals surface area (Å²) in [6.07, 6.45) is 6.58. The molecule has 84 valence electrons. The number of aromatic nitrogens is 2. The molecule has 1 heterocycles. The second-order valence-corrected chi connectivity index (χ2v) is 3.69. The smallest absolute Gasteiger partial charge is 0.122 e. The van der Waals surface area contributed by atoms with Gasteiger partial charge in [-0.15, -0.1) is 0 Å². The molecule has 0 fully saturated rings. The number of nitrogens with zero attached hydrogens (tertiary/aromatic N) is 2. The number of rotatable bonds is 4. The third-order valence-electron chi connectivity index (χ3n) is 2.72. The molecule has 3 heteroatoms. The van der Waals surface area contributed by atoms with Crippen molar-refractivity contribution < 1.29 is 4.74 Å². The van der Waals surface area contributed by atoms with Gasteiger partial charge in [-0.2, -0.15) is 0 Å². The summed E-state index contributed by atoms with van der Waals surface area (Å²) in [7, 11) is 1.72. The van der Waals surface area contributed by atoms with Crippen molar-refractivity contribution in [3.05, 3.63) is 48.0 Å². The van der Waals surface area contributed by atoms with Crippen LogP contribution in [0.2, 0.25) is 0 Å². The van der Waals surface area contributed by atoms with Gasteiger partial charge in [0, 0.05) is 18.9 Å². The van der Waals surface area contributed by atoms with E-state index in [1.54, 1.807) is 13.3 Å². The fraction of sp³-hybridized carbons (Fsp3) is 0.308. The molecule has 0 N–H and O–H groups in total. The lowest BCUT2D eigenvalue weighted by Crippen LogP contribution is -2.02. The summed E-state index contributed by atoms with van der Waals surface area (Å²) in [5, 5.41) is 0. The monoisotopic (exact) mass is 216 g/mol. The Morgan fingerprint density at radius 2 is 2.25 bits per heavy atom. The van der Waals surface area contributed by atoms with Crippen molar-refractivity contribution in [3.63, 3.8) is 0 Å². The minimum Gasteiger partial charge on any atom is -0.496 e. The fourth-order valence-corrected chi connectivity index (χ4v) is 1.93. The number of hydrogen-bond donors (Lipinski definition) is 0. The van der Waals surface area contributed by atoms with Crippen molar-refractivity contribution in [2.75, 3.05) is 7.11 Å². The SMILES string of the molecule is CCc1c(Cn2ccnc2)cccc1OC. The first kappa shape index (κ1) is 10.7. The van der Waals surface area contributed by atoms with E-state index < -0.39 is 0 Å². The molecule has 0 saturated carbocycles. The van der Waals surface area contributed by atoms with Gasteiger partial charge in [-0.3, -0.25) is 0 Å². The molecule has 0 unspecified atom stereocenters. The highest BCUT2D eigenvalue weighted by Gasteiger charge is 2.06. The molecule has 0 amide bonds. The normalized spacial score (nSPS) is 10.4. The van der Waals surface area contributed by atoms with Crippen LogP contribution in [-0.2, 0) is 13.0 Å². The molecular formula is C13H16N2O. The lowest BCUT2D eigenvalue weighted by molar-refractivity contribution is 0.409. The largest absolute Gasteiger partial charge is 0.496 e. The second kappa shape index (κ2) is 4.84. The average molecular weight is 216 g/mol. The van der Waals surface area contributed by atoms with Crippen LogP contribution in [-0.4, -0.2) is 16.7 Å². The Morgan fingerprint density at radius 1 is 1.38 bits per heavy atom. The third kappa shape index (κ3) is 2.08. The van der Waals surface area contributed by atoms with Crippen LogP contribution in [0.5, 0.6) is 5.75 Å². The molecule has 0 radical (unpaired) electrons. The molecular weight excluding hydrogens is 200 g/mol. The number of benzene rings is 1. The van der Waals surface area contributed by atoms with Crippen molar-refractivity contribution in [1.82, 2.24) is 9.55 Å². The van der Waals surface area contributed by atoms with Crippen LogP contribution in [0.1, 0.15) is 18.1 Å². The highest BCUT2D eigenvalue weighted by atomic mass is 16.5. The molecule has 0 spiro atoms. The van der Waals surface area contributed by atoms with Gasteiger partial charge in [0.1, 0.15) is 5.75 Å². The van der Waals surface area contributed by atoms with Crippen LogP contribution in [0.4, 0.5) is 0 Å². The lowest BCUT2D eigenvalue weighted by Gasteiger charge is -2.12. The summed E-state index contributed by atoms with van der Waals surface area (Å²) in [4.78, 5) is 4.05. The Morgan fingerprint density at radius 3 is 2.88 bits per heavy atom. The number of ether oxygens (including phenoxy) is 1. The summed E-state index contributed by atoms with van der Waals surface area (Å²) in [6.45, 7) is 3.00. The van der Waals surface area contributed by atoms with Gasteiger partial charge in [0.25, 0.3) is 0 Å². The van der Waals surface area contributed by atoms with Gasteiger partial charge in [-0.25, -0.2) is 4.98 Å². The molecule has 0 aliphatic heterocycles.